The predicted molar refractivity (Wildman–Crippen MR) is 74.9 cm³/mol. The second-order valence-electron chi connectivity index (χ2n) is 5.02. The second-order valence-corrected chi connectivity index (χ2v) is 5.02. The molecule has 1 aliphatic rings. The zero-order valence-corrected chi connectivity index (χ0v) is 11.1. The highest BCUT2D eigenvalue weighted by Gasteiger charge is 2.31. The van der Waals surface area contributed by atoms with Crippen LogP contribution in [0.3, 0.4) is 0 Å². The van der Waals surface area contributed by atoms with Crippen LogP contribution in [0.15, 0.2) is 54.9 Å². The maximum Gasteiger partial charge on any atom is 0.260 e. The standard InChI is InChI=1S/C16H16N2O2/c19-16(14-8-4-10-17(20)12-14)18-11-5-9-15(18)13-6-2-1-3-7-13/h1-4,6-8,10,12,15H,5,9,11H2/t15-/m0/s1. The Labute approximate surface area is 117 Å². The number of amides is 1. The molecule has 2 aromatic rings. The van der Waals surface area contributed by atoms with Gasteiger partial charge in [0.25, 0.3) is 5.91 Å². The summed E-state index contributed by atoms with van der Waals surface area (Å²) in [6, 6.07) is 13.5. The molecule has 0 aliphatic carbocycles. The Balaban J connectivity index is 1.87. The molecule has 0 radical (unpaired) electrons. The number of hydrogen-bond acceptors (Lipinski definition) is 2. The molecule has 3 rings (SSSR count). The van der Waals surface area contributed by atoms with Gasteiger partial charge in [0.05, 0.1) is 6.04 Å². The summed E-state index contributed by atoms with van der Waals surface area (Å²) >= 11 is 0. The van der Waals surface area contributed by atoms with Gasteiger partial charge in [-0.3, -0.25) is 4.79 Å². The average molecular weight is 268 g/mol. The first-order valence-corrected chi connectivity index (χ1v) is 6.80. The van der Waals surface area contributed by atoms with Gasteiger partial charge in [0.1, 0.15) is 5.56 Å². The molecule has 1 saturated heterocycles. The van der Waals surface area contributed by atoms with E-state index in [0.29, 0.717) is 10.3 Å². The normalized spacial score (nSPS) is 18.2. The number of carbonyl (C=O) groups is 1. The van der Waals surface area contributed by atoms with Gasteiger partial charge in [-0.15, -0.1) is 0 Å². The van der Waals surface area contributed by atoms with Crippen LogP contribution < -0.4 is 4.73 Å². The van der Waals surface area contributed by atoms with Crippen molar-refractivity contribution in [3.63, 3.8) is 0 Å². The lowest BCUT2D eigenvalue weighted by Crippen LogP contribution is -2.33. The van der Waals surface area contributed by atoms with Gasteiger partial charge >= 0.3 is 0 Å². The van der Waals surface area contributed by atoms with E-state index in [-0.39, 0.29) is 11.9 Å². The van der Waals surface area contributed by atoms with Gasteiger partial charge in [-0.2, -0.15) is 4.73 Å². The third-order valence-electron chi connectivity index (χ3n) is 3.72. The summed E-state index contributed by atoms with van der Waals surface area (Å²) in [5.74, 6) is -0.0680. The fourth-order valence-corrected chi connectivity index (χ4v) is 2.78. The highest BCUT2D eigenvalue weighted by atomic mass is 16.5. The topological polar surface area (TPSA) is 47.2 Å². The number of rotatable bonds is 2. The minimum absolute atomic E-state index is 0.0680. The summed E-state index contributed by atoms with van der Waals surface area (Å²) < 4.78 is 0.667. The van der Waals surface area contributed by atoms with Crippen LogP contribution in [0.4, 0.5) is 0 Å². The van der Waals surface area contributed by atoms with Crippen molar-refractivity contribution < 1.29 is 9.52 Å². The van der Waals surface area contributed by atoms with Gasteiger partial charge in [0, 0.05) is 12.6 Å². The summed E-state index contributed by atoms with van der Waals surface area (Å²) in [5, 5.41) is 11.3. The van der Waals surface area contributed by atoms with Crippen LogP contribution >= 0.6 is 0 Å². The molecule has 20 heavy (non-hydrogen) atoms. The Morgan fingerprint density at radius 1 is 1.20 bits per heavy atom. The molecule has 1 amide bonds. The number of benzene rings is 1. The van der Waals surface area contributed by atoms with E-state index >= 15 is 0 Å². The summed E-state index contributed by atoms with van der Waals surface area (Å²) in [6.07, 6.45) is 4.69. The SMILES string of the molecule is O=C(c1ccc[n+]([O-])c1)N1CCC[C@H]1c1ccccc1. The molecule has 1 aliphatic heterocycles. The van der Waals surface area contributed by atoms with Gasteiger partial charge in [-0.25, -0.2) is 0 Å². The molecule has 4 nitrogen and oxygen atoms in total. The minimum atomic E-state index is -0.0680. The molecule has 1 atom stereocenters. The lowest BCUT2D eigenvalue weighted by molar-refractivity contribution is -0.605. The van der Waals surface area contributed by atoms with Crippen LogP contribution in [0, 0.1) is 5.21 Å². The van der Waals surface area contributed by atoms with Crippen molar-refractivity contribution in [2.45, 2.75) is 18.9 Å². The van der Waals surface area contributed by atoms with Crippen LogP contribution in [0.25, 0.3) is 0 Å². The van der Waals surface area contributed by atoms with Gasteiger partial charge in [-0.05, 0) is 24.5 Å². The number of nitrogens with zero attached hydrogens (tertiary/aromatic N) is 2. The molecule has 102 valence electrons. The summed E-state index contributed by atoms with van der Waals surface area (Å²) in [5.41, 5.74) is 1.61. The molecular formula is C16H16N2O2. The molecular weight excluding hydrogens is 252 g/mol. The third-order valence-corrected chi connectivity index (χ3v) is 3.72. The molecule has 0 N–H and O–H groups in total. The van der Waals surface area contributed by atoms with Crippen molar-refractivity contribution >= 4 is 5.91 Å². The van der Waals surface area contributed by atoms with E-state index in [2.05, 4.69) is 12.1 Å². The Morgan fingerprint density at radius 3 is 2.75 bits per heavy atom. The fraction of sp³-hybridized carbons (Fsp3) is 0.250. The van der Waals surface area contributed by atoms with Crippen LogP contribution in [-0.4, -0.2) is 17.4 Å². The van der Waals surface area contributed by atoms with E-state index in [0.717, 1.165) is 24.9 Å². The van der Waals surface area contributed by atoms with E-state index in [1.54, 1.807) is 12.1 Å². The highest BCUT2D eigenvalue weighted by Crippen LogP contribution is 2.32. The monoisotopic (exact) mass is 268 g/mol. The van der Waals surface area contributed by atoms with Crippen LogP contribution in [0.5, 0.6) is 0 Å². The van der Waals surface area contributed by atoms with E-state index in [1.165, 1.54) is 12.4 Å². The number of carbonyl (C=O) groups excluding carboxylic acids is 1. The van der Waals surface area contributed by atoms with Gasteiger partial charge in [0.2, 0.25) is 0 Å². The number of likely N-dealkylation sites (tertiary alicyclic amines) is 1. The second kappa shape index (κ2) is 5.33. The Kier molecular flexibility index (Phi) is 3.37. The Bertz CT molecular complexity index is 613. The Morgan fingerprint density at radius 2 is 2.00 bits per heavy atom. The molecule has 0 spiro atoms. The molecule has 1 aromatic heterocycles. The van der Waals surface area contributed by atoms with E-state index in [1.807, 2.05) is 23.1 Å². The third kappa shape index (κ3) is 2.37. The van der Waals surface area contributed by atoms with Crippen molar-refractivity contribution in [1.82, 2.24) is 4.90 Å². The summed E-state index contributed by atoms with van der Waals surface area (Å²) in [7, 11) is 0. The van der Waals surface area contributed by atoms with Crippen molar-refractivity contribution in [1.29, 1.82) is 0 Å². The van der Waals surface area contributed by atoms with Crippen LogP contribution in [-0.2, 0) is 0 Å². The maximum atomic E-state index is 12.6. The first-order chi connectivity index (χ1) is 9.75. The maximum absolute atomic E-state index is 12.6. The first kappa shape index (κ1) is 12.7. The number of hydrogen-bond donors (Lipinski definition) is 0. The molecule has 0 unspecified atom stereocenters. The fourth-order valence-electron chi connectivity index (χ4n) is 2.78. The number of pyridine rings is 1. The highest BCUT2D eigenvalue weighted by molar-refractivity contribution is 5.94. The van der Waals surface area contributed by atoms with Gasteiger partial charge in [0.15, 0.2) is 12.4 Å². The van der Waals surface area contributed by atoms with Crippen molar-refractivity contribution in [2.75, 3.05) is 6.54 Å². The molecule has 4 heteroatoms. The van der Waals surface area contributed by atoms with E-state index in [4.69, 9.17) is 0 Å². The largest absolute Gasteiger partial charge is 0.619 e. The quantitative estimate of drug-likeness (QED) is 0.620. The molecule has 2 heterocycles. The van der Waals surface area contributed by atoms with E-state index < -0.39 is 0 Å². The van der Waals surface area contributed by atoms with Crippen LogP contribution in [0.2, 0.25) is 0 Å². The first-order valence-electron chi connectivity index (χ1n) is 6.80. The predicted octanol–water partition coefficient (Wildman–Crippen LogP) is 2.30. The molecule has 1 fully saturated rings. The summed E-state index contributed by atoms with van der Waals surface area (Å²) in [4.78, 5) is 14.4. The zero-order valence-electron chi connectivity index (χ0n) is 11.1. The lowest BCUT2D eigenvalue weighted by Gasteiger charge is -2.24. The zero-order chi connectivity index (χ0) is 13.9. The van der Waals surface area contributed by atoms with Gasteiger partial charge in [-0.1, -0.05) is 30.3 Å². The molecule has 0 saturated carbocycles. The molecule has 1 aromatic carbocycles. The van der Waals surface area contributed by atoms with E-state index in [9.17, 15) is 10.0 Å². The average Bonchev–Trinajstić information content (AvgIpc) is 2.97. The Hall–Kier alpha value is -2.36. The van der Waals surface area contributed by atoms with Crippen LogP contribution in [0.1, 0.15) is 34.8 Å². The number of aromatic nitrogens is 1. The van der Waals surface area contributed by atoms with Crippen molar-refractivity contribution in [2.24, 2.45) is 0 Å². The smallest absolute Gasteiger partial charge is 0.260 e. The van der Waals surface area contributed by atoms with Crippen molar-refractivity contribution in [3.05, 3.63) is 71.2 Å². The molecule has 0 bridgehead atoms. The summed E-state index contributed by atoms with van der Waals surface area (Å²) in [6.45, 7) is 0.742. The van der Waals surface area contributed by atoms with Gasteiger partial charge < -0.3 is 10.1 Å². The minimum Gasteiger partial charge on any atom is -0.619 e. The van der Waals surface area contributed by atoms with Crippen molar-refractivity contribution in [3.8, 4) is 0 Å². The lowest BCUT2D eigenvalue weighted by atomic mass is 10.0.